The molecule has 1 atom stereocenters. The van der Waals surface area contributed by atoms with Crippen molar-refractivity contribution in [3.05, 3.63) is 57.7 Å². The molecule has 0 bridgehead atoms. The van der Waals surface area contributed by atoms with Gasteiger partial charge in [-0.1, -0.05) is 18.2 Å². The van der Waals surface area contributed by atoms with E-state index in [1.165, 1.54) is 0 Å². The van der Waals surface area contributed by atoms with Crippen LogP contribution >= 0.6 is 22.6 Å². The highest BCUT2D eigenvalue weighted by Gasteiger charge is 2.16. The molecular formula is C17H18IN3O2. The first-order valence-corrected chi connectivity index (χ1v) is 8.23. The normalized spacial score (nSPS) is 11.4. The second-order valence-electron chi connectivity index (χ2n) is 5.13. The van der Waals surface area contributed by atoms with Gasteiger partial charge in [0.05, 0.1) is 0 Å². The first-order chi connectivity index (χ1) is 11.0. The zero-order valence-electron chi connectivity index (χ0n) is 12.9. The second kappa shape index (κ2) is 7.96. The molecule has 0 saturated carbocycles. The van der Waals surface area contributed by atoms with Crippen molar-refractivity contribution in [3.63, 3.8) is 0 Å². The molecule has 23 heavy (non-hydrogen) atoms. The number of aryl methyl sites for hydroxylation is 1. The highest BCUT2D eigenvalue weighted by molar-refractivity contribution is 14.1. The number of hydrogen-bond donors (Lipinski definition) is 3. The predicted molar refractivity (Wildman–Crippen MR) is 101 cm³/mol. The van der Waals surface area contributed by atoms with E-state index in [0.29, 0.717) is 5.69 Å². The minimum atomic E-state index is -0.655. The van der Waals surface area contributed by atoms with Crippen molar-refractivity contribution in [2.75, 3.05) is 10.6 Å². The Morgan fingerprint density at radius 3 is 2.39 bits per heavy atom. The lowest BCUT2D eigenvalue weighted by Gasteiger charge is -2.16. The van der Waals surface area contributed by atoms with E-state index in [1.807, 2.05) is 43.3 Å². The Morgan fingerprint density at radius 2 is 1.74 bits per heavy atom. The Kier molecular flexibility index (Phi) is 5.97. The molecule has 5 nitrogen and oxygen atoms in total. The minimum absolute atomic E-state index is 0.266. The van der Waals surface area contributed by atoms with Crippen LogP contribution in [0.15, 0.2) is 48.5 Å². The monoisotopic (exact) mass is 423 g/mol. The molecule has 3 N–H and O–H groups in total. The fraction of sp³-hybridized carbons (Fsp3) is 0.176. The van der Waals surface area contributed by atoms with Gasteiger partial charge in [-0.05, 0) is 72.3 Å². The molecule has 2 aromatic rings. The first kappa shape index (κ1) is 17.3. The molecule has 0 saturated heterocycles. The minimum Gasteiger partial charge on any atom is -0.326 e. The van der Waals surface area contributed by atoms with E-state index in [9.17, 15) is 9.59 Å². The van der Waals surface area contributed by atoms with Crippen molar-refractivity contribution >= 4 is 45.9 Å². The molecule has 0 aliphatic heterocycles. The van der Waals surface area contributed by atoms with Crippen molar-refractivity contribution in [3.8, 4) is 0 Å². The van der Waals surface area contributed by atoms with Gasteiger partial charge in [-0.3, -0.25) is 4.79 Å². The third kappa shape index (κ3) is 5.24. The van der Waals surface area contributed by atoms with E-state index >= 15 is 0 Å². The van der Waals surface area contributed by atoms with Crippen LogP contribution in [0.3, 0.4) is 0 Å². The topological polar surface area (TPSA) is 70.2 Å². The van der Waals surface area contributed by atoms with E-state index in [0.717, 1.165) is 14.8 Å². The highest BCUT2D eigenvalue weighted by atomic mass is 127. The molecule has 0 aliphatic carbocycles. The predicted octanol–water partition coefficient (Wildman–Crippen LogP) is 3.75. The summed E-state index contributed by atoms with van der Waals surface area (Å²) in [6, 6.07) is 13.7. The van der Waals surface area contributed by atoms with Gasteiger partial charge in [0.15, 0.2) is 0 Å². The summed E-state index contributed by atoms with van der Waals surface area (Å²) in [5, 5.41) is 8.12. The van der Waals surface area contributed by atoms with Crippen LogP contribution in [0, 0.1) is 10.5 Å². The van der Waals surface area contributed by atoms with Gasteiger partial charge in [-0.15, -0.1) is 0 Å². The van der Waals surface area contributed by atoms with E-state index in [4.69, 9.17) is 0 Å². The van der Waals surface area contributed by atoms with Crippen molar-refractivity contribution in [1.29, 1.82) is 0 Å². The third-order valence-corrected chi connectivity index (χ3v) is 3.89. The quantitative estimate of drug-likeness (QED) is 0.656. The van der Waals surface area contributed by atoms with E-state index < -0.39 is 12.1 Å². The van der Waals surface area contributed by atoms with Crippen LogP contribution in [0.2, 0.25) is 0 Å². The molecule has 120 valence electrons. The molecular weight excluding hydrogens is 405 g/mol. The van der Waals surface area contributed by atoms with Gasteiger partial charge in [0.25, 0.3) is 0 Å². The number of benzene rings is 2. The first-order valence-electron chi connectivity index (χ1n) is 7.15. The lowest BCUT2D eigenvalue weighted by molar-refractivity contribution is -0.117. The Hall–Kier alpha value is -2.09. The van der Waals surface area contributed by atoms with Gasteiger partial charge in [-0.2, -0.15) is 0 Å². The van der Waals surface area contributed by atoms with Crippen LogP contribution in [0.1, 0.15) is 12.5 Å². The number of para-hydroxylation sites is 1. The highest BCUT2D eigenvalue weighted by Crippen LogP contribution is 2.17. The molecule has 0 aromatic heterocycles. The standard InChI is InChI=1S/C17H18IN3O2/c1-11-10-13(18)8-9-15(11)21-16(22)12(2)19-17(23)20-14-6-4-3-5-7-14/h3-10,12H,1-2H3,(H,21,22)(H2,19,20,23). The maximum atomic E-state index is 12.2. The summed E-state index contributed by atoms with van der Waals surface area (Å²) in [6.07, 6.45) is 0. The van der Waals surface area contributed by atoms with Gasteiger partial charge in [-0.25, -0.2) is 4.79 Å². The summed E-state index contributed by atoms with van der Waals surface area (Å²) < 4.78 is 1.10. The molecule has 0 spiro atoms. The second-order valence-corrected chi connectivity index (χ2v) is 6.38. The summed E-state index contributed by atoms with van der Waals surface area (Å²) in [5.74, 6) is -0.266. The van der Waals surface area contributed by atoms with Crippen LogP contribution < -0.4 is 16.0 Å². The van der Waals surface area contributed by atoms with E-state index in [2.05, 4.69) is 38.5 Å². The number of anilines is 2. The van der Waals surface area contributed by atoms with Crippen molar-refractivity contribution in [2.24, 2.45) is 0 Å². The van der Waals surface area contributed by atoms with Crippen molar-refractivity contribution in [2.45, 2.75) is 19.9 Å². The summed E-state index contributed by atoms with van der Waals surface area (Å²) in [7, 11) is 0. The van der Waals surface area contributed by atoms with E-state index in [1.54, 1.807) is 19.1 Å². The number of rotatable bonds is 4. The number of amides is 3. The molecule has 3 amide bonds. The lowest BCUT2D eigenvalue weighted by Crippen LogP contribution is -2.43. The smallest absolute Gasteiger partial charge is 0.319 e. The lowest BCUT2D eigenvalue weighted by atomic mass is 10.2. The molecule has 0 aliphatic rings. The largest absolute Gasteiger partial charge is 0.326 e. The summed E-state index contributed by atoms with van der Waals surface area (Å²) in [5.41, 5.74) is 2.39. The van der Waals surface area contributed by atoms with Gasteiger partial charge >= 0.3 is 6.03 Å². The molecule has 2 aromatic carbocycles. The maximum absolute atomic E-state index is 12.2. The number of carbonyl (C=O) groups excluding carboxylic acids is 2. The number of carbonyl (C=O) groups is 2. The number of urea groups is 1. The third-order valence-electron chi connectivity index (χ3n) is 3.22. The molecule has 0 heterocycles. The zero-order valence-corrected chi connectivity index (χ0v) is 15.0. The van der Waals surface area contributed by atoms with Crippen LogP contribution in [0.4, 0.5) is 16.2 Å². The van der Waals surface area contributed by atoms with Gasteiger partial charge < -0.3 is 16.0 Å². The molecule has 1 unspecified atom stereocenters. The van der Waals surface area contributed by atoms with Crippen LogP contribution in [0.5, 0.6) is 0 Å². The summed E-state index contributed by atoms with van der Waals surface area (Å²) >= 11 is 2.22. The fourth-order valence-electron chi connectivity index (χ4n) is 1.96. The van der Waals surface area contributed by atoms with Gasteiger partial charge in [0.1, 0.15) is 6.04 Å². The Labute approximate surface area is 149 Å². The number of hydrogen-bond acceptors (Lipinski definition) is 2. The zero-order chi connectivity index (χ0) is 16.8. The molecule has 6 heteroatoms. The molecule has 2 rings (SSSR count). The van der Waals surface area contributed by atoms with E-state index in [-0.39, 0.29) is 5.91 Å². The van der Waals surface area contributed by atoms with Crippen LogP contribution in [-0.2, 0) is 4.79 Å². The van der Waals surface area contributed by atoms with Crippen molar-refractivity contribution in [1.82, 2.24) is 5.32 Å². The fourth-order valence-corrected chi connectivity index (χ4v) is 2.61. The average molecular weight is 423 g/mol. The summed E-state index contributed by atoms with van der Waals surface area (Å²) in [4.78, 5) is 24.1. The van der Waals surface area contributed by atoms with Crippen molar-refractivity contribution < 1.29 is 9.59 Å². The Balaban J connectivity index is 1.90. The van der Waals surface area contributed by atoms with Gasteiger partial charge in [0.2, 0.25) is 5.91 Å². The average Bonchev–Trinajstić information content (AvgIpc) is 2.50. The Bertz CT molecular complexity index is 704. The molecule has 0 radical (unpaired) electrons. The number of nitrogens with one attached hydrogen (secondary N) is 3. The molecule has 0 fully saturated rings. The summed E-state index contributed by atoms with van der Waals surface area (Å²) in [6.45, 7) is 3.57. The van der Waals surface area contributed by atoms with Crippen LogP contribution in [-0.4, -0.2) is 18.0 Å². The Morgan fingerprint density at radius 1 is 1.04 bits per heavy atom. The van der Waals surface area contributed by atoms with Gasteiger partial charge in [0, 0.05) is 14.9 Å². The van der Waals surface area contributed by atoms with Crippen LogP contribution in [0.25, 0.3) is 0 Å². The SMILES string of the molecule is Cc1cc(I)ccc1NC(=O)C(C)NC(=O)Nc1ccccc1. The number of halogens is 1. The maximum Gasteiger partial charge on any atom is 0.319 e.